The number of methoxy groups -OCH3 is 1. The quantitative estimate of drug-likeness (QED) is 0.831. The first kappa shape index (κ1) is 16.6. The predicted molar refractivity (Wildman–Crippen MR) is 87.2 cm³/mol. The number of H-pyrrole nitrogens is 1. The number of aryl methyl sites for hydroxylation is 1. The Morgan fingerprint density at radius 3 is 2.57 bits per heavy atom. The Morgan fingerprint density at radius 2 is 1.91 bits per heavy atom. The van der Waals surface area contributed by atoms with Crippen LogP contribution in [0.5, 0.6) is 5.75 Å². The third kappa shape index (κ3) is 3.36. The van der Waals surface area contributed by atoms with Crippen molar-refractivity contribution in [2.75, 3.05) is 19.0 Å². The zero-order chi connectivity index (χ0) is 17.0. The van der Waals surface area contributed by atoms with Gasteiger partial charge in [-0.2, -0.15) is 0 Å². The standard InChI is InChI=1S/C17H20N2O4/c1-5-23-13-9-7-6-8-12(13)19-16(20)15-10(2)14(11(3)18-15)17(21)22-4/h6-9,18H,5H2,1-4H3,(H,19,20). The van der Waals surface area contributed by atoms with Gasteiger partial charge in [0, 0.05) is 5.69 Å². The van der Waals surface area contributed by atoms with Gasteiger partial charge in [0.25, 0.3) is 5.91 Å². The third-order valence-electron chi connectivity index (χ3n) is 3.49. The maximum atomic E-state index is 12.5. The molecule has 0 atom stereocenters. The highest BCUT2D eigenvalue weighted by Crippen LogP contribution is 2.25. The number of aromatic nitrogens is 1. The highest BCUT2D eigenvalue weighted by Gasteiger charge is 2.22. The number of nitrogens with one attached hydrogen (secondary N) is 2. The molecule has 6 nitrogen and oxygen atoms in total. The highest BCUT2D eigenvalue weighted by molar-refractivity contribution is 6.07. The number of aromatic amines is 1. The van der Waals surface area contributed by atoms with E-state index in [1.807, 2.05) is 19.1 Å². The number of carbonyl (C=O) groups excluding carboxylic acids is 2. The highest BCUT2D eigenvalue weighted by atomic mass is 16.5. The molecular weight excluding hydrogens is 296 g/mol. The first-order valence-electron chi connectivity index (χ1n) is 7.30. The lowest BCUT2D eigenvalue weighted by atomic mass is 10.1. The molecule has 0 saturated carbocycles. The number of esters is 1. The molecule has 0 unspecified atom stereocenters. The zero-order valence-corrected chi connectivity index (χ0v) is 13.6. The minimum atomic E-state index is -0.468. The number of para-hydroxylation sites is 2. The molecule has 2 aromatic rings. The third-order valence-corrected chi connectivity index (χ3v) is 3.49. The van der Waals surface area contributed by atoms with Crippen molar-refractivity contribution in [1.29, 1.82) is 0 Å². The summed E-state index contributed by atoms with van der Waals surface area (Å²) in [5, 5.41) is 2.80. The van der Waals surface area contributed by atoms with Gasteiger partial charge in [0.15, 0.2) is 0 Å². The molecule has 0 saturated heterocycles. The van der Waals surface area contributed by atoms with Gasteiger partial charge in [-0.25, -0.2) is 4.79 Å². The average Bonchev–Trinajstić information content (AvgIpc) is 2.83. The molecule has 2 N–H and O–H groups in total. The molecule has 6 heteroatoms. The summed E-state index contributed by atoms with van der Waals surface area (Å²) in [5.41, 5.74) is 2.44. The van der Waals surface area contributed by atoms with Crippen molar-refractivity contribution in [3.05, 3.63) is 46.8 Å². The molecule has 0 bridgehead atoms. The first-order chi connectivity index (χ1) is 11.0. The summed E-state index contributed by atoms with van der Waals surface area (Å²) in [5.74, 6) is -0.213. The summed E-state index contributed by atoms with van der Waals surface area (Å²) >= 11 is 0. The number of anilines is 1. The monoisotopic (exact) mass is 316 g/mol. The Hall–Kier alpha value is -2.76. The molecule has 0 spiro atoms. The smallest absolute Gasteiger partial charge is 0.339 e. The van der Waals surface area contributed by atoms with Gasteiger partial charge >= 0.3 is 5.97 Å². The zero-order valence-electron chi connectivity index (χ0n) is 13.6. The molecule has 0 aliphatic rings. The van der Waals surface area contributed by atoms with E-state index in [9.17, 15) is 9.59 Å². The number of hydrogen-bond acceptors (Lipinski definition) is 4. The second-order valence-electron chi connectivity index (χ2n) is 5.00. The topological polar surface area (TPSA) is 80.4 Å². The van der Waals surface area contributed by atoms with Gasteiger partial charge in [-0.15, -0.1) is 0 Å². The van der Waals surface area contributed by atoms with Crippen LogP contribution in [0, 0.1) is 13.8 Å². The van der Waals surface area contributed by atoms with Gasteiger partial charge in [0.05, 0.1) is 25.0 Å². The maximum Gasteiger partial charge on any atom is 0.339 e. The van der Waals surface area contributed by atoms with E-state index < -0.39 is 5.97 Å². The molecule has 0 radical (unpaired) electrons. The van der Waals surface area contributed by atoms with Crippen LogP contribution in [-0.2, 0) is 4.74 Å². The van der Waals surface area contributed by atoms with Crippen LogP contribution in [0.3, 0.4) is 0 Å². The summed E-state index contributed by atoms with van der Waals surface area (Å²) < 4.78 is 10.2. The SMILES string of the molecule is CCOc1ccccc1NC(=O)c1[nH]c(C)c(C(=O)OC)c1C. The Balaban J connectivity index is 2.31. The van der Waals surface area contributed by atoms with Crippen LogP contribution in [0.1, 0.15) is 39.0 Å². The van der Waals surface area contributed by atoms with Crippen LogP contribution in [-0.4, -0.2) is 30.6 Å². The molecule has 1 aromatic carbocycles. The van der Waals surface area contributed by atoms with Crippen LogP contribution in [0.15, 0.2) is 24.3 Å². The molecule has 23 heavy (non-hydrogen) atoms. The fourth-order valence-electron chi connectivity index (χ4n) is 2.42. The average molecular weight is 316 g/mol. The molecule has 0 aliphatic heterocycles. The van der Waals surface area contributed by atoms with Crippen molar-refractivity contribution < 1.29 is 19.1 Å². The lowest BCUT2D eigenvalue weighted by Crippen LogP contribution is -2.15. The molecule has 122 valence electrons. The number of benzene rings is 1. The number of carbonyl (C=O) groups is 2. The van der Waals surface area contributed by atoms with Gasteiger partial charge in [-0.1, -0.05) is 12.1 Å². The lowest BCUT2D eigenvalue weighted by molar-refractivity contribution is 0.0599. The fourth-order valence-corrected chi connectivity index (χ4v) is 2.42. The van der Waals surface area contributed by atoms with Crippen molar-refractivity contribution >= 4 is 17.6 Å². The Labute approximate surface area is 134 Å². The molecule has 2 rings (SSSR count). The van der Waals surface area contributed by atoms with E-state index in [0.717, 1.165) is 0 Å². The normalized spacial score (nSPS) is 10.3. The Morgan fingerprint density at radius 1 is 1.22 bits per heavy atom. The van der Waals surface area contributed by atoms with E-state index in [-0.39, 0.29) is 5.91 Å². The Bertz CT molecular complexity index is 734. The van der Waals surface area contributed by atoms with Gasteiger partial charge < -0.3 is 19.8 Å². The van der Waals surface area contributed by atoms with Crippen LogP contribution >= 0.6 is 0 Å². The maximum absolute atomic E-state index is 12.5. The van der Waals surface area contributed by atoms with Gasteiger partial charge in [0.1, 0.15) is 11.4 Å². The van der Waals surface area contributed by atoms with Gasteiger partial charge in [0.2, 0.25) is 0 Å². The van der Waals surface area contributed by atoms with Crippen molar-refractivity contribution in [2.45, 2.75) is 20.8 Å². The van der Waals surface area contributed by atoms with Crippen LogP contribution in [0.4, 0.5) is 5.69 Å². The van der Waals surface area contributed by atoms with Crippen molar-refractivity contribution in [2.24, 2.45) is 0 Å². The molecular formula is C17H20N2O4. The predicted octanol–water partition coefficient (Wildman–Crippen LogP) is 3.07. The molecule has 1 amide bonds. The second-order valence-corrected chi connectivity index (χ2v) is 5.00. The Kier molecular flexibility index (Phi) is 5.05. The largest absolute Gasteiger partial charge is 0.492 e. The summed E-state index contributed by atoms with van der Waals surface area (Å²) in [6, 6.07) is 7.19. The fraction of sp³-hybridized carbons (Fsp3) is 0.294. The molecule has 1 aromatic heterocycles. The number of amides is 1. The van der Waals surface area contributed by atoms with E-state index in [4.69, 9.17) is 9.47 Å². The van der Waals surface area contributed by atoms with Crippen LogP contribution < -0.4 is 10.1 Å². The first-order valence-corrected chi connectivity index (χ1v) is 7.30. The van der Waals surface area contributed by atoms with Gasteiger partial charge in [-0.3, -0.25) is 4.79 Å². The van der Waals surface area contributed by atoms with Crippen LogP contribution in [0.25, 0.3) is 0 Å². The molecule has 0 fully saturated rings. The summed E-state index contributed by atoms with van der Waals surface area (Å²) in [7, 11) is 1.31. The lowest BCUT2D eigenvalue weighted by Gasteiger charge is -2.11. The van der Waals surface area contributed by atoms with Crippen molar-refractivity contribution in [3.63, 3.8) is 0 Å². The summed E-state index contributed by atoms with van der Waals surface area (Å²) in [4.78, 5) is 27.3. The second kappa shape index (κ2) is 7.00. The molecule has 0 aliphatic carbocycles. The minimum absolute atomic E-state index is 0.328. The number of hydrogen-bond donors (Lipinski definition) is 2. The minimum Gasteiger partial charge on any atom is -0.492 e. The summed E-state index contributed by atoms with van der Waals surface area (Å²) in [6.07, 6.45) is 0. The van der Waals surface area contributed by atoms with Crippen molar-refractivity contribution in [3.8, 4) is 5.75 Å². The van der Waals surface area contributed by atoms with Crippen LogP contribution in [0.2, 0.25) is 0 Å². The number of ether oxygens (including phenoxy) is 2. The number of rotatable bonds is 5. The van der Waals surface area contributed by atoms with Crippen molar-refractivity contribution in [1.82, 2.24) is 4.98 Å². The van der Waals surface area contributed by atoms with E-state index >= 15 is 0 Å². The molecule has 1 heterocycles. The van der Waals surface area contributed by atoms with E-state index in [1.165, 1.54) is 7.11 Å². The van der Waals surface area contributed by atoms with E-state index in [0.29, 0.717) is 40.6 Å². The van der Waals surface area contributed by atoms with E-state index in [2.05, 4.69) is 10.3 Å². The summed E-state index contributed by atoms with van der Waals surface area (Å²) in [6.45, 7) is 5.81. The van der Waals surface area contributed by atoms with Gasteiger partial charge in [-0.05, 0) is 38.5 Å². The van der Waals surface area contributed by atoms with E-state index in [1.54, 1.807) is 26.0 Å².